The van der Waals surface area contributed by atoms with Gasteiger partial charge >= 0.3 is 5.69 Å². The molecule has 4 heterocycles. The van der Waals surface area contributed by atoms with E-state index in [0.29, 0.717) is 24.9 Å². The SMILES string of the molecule is CCCCc1cn(-c2nnnn2CCC)c(=O)n1Cc1ccc(-c2ccccc2-c2nn[nH]n2)nc1. The molecule has 0 radical (unpaired) electrons. The fourth-order valence-corrected chi connectivity index (χ4v) is 4.16. The molecule has 0 saturated heterocycles. The topological polar surface area (TPSA) is 138 Å². The van der Waals surface area contributed by atoms with Gasteiger partial charge in [-0.2, -0.15) is 5.21 Å². The maximum absolute atomic E-state index is 13.5. The highest BCUT2D eigenvalue weighted by Crippen LogP contribution is 2.28. The number of nitrogens with zero attached hydrogens (tertiary/aromatic N) is 10. The zero-order valence-corrected chi connectivity index (χ0v) is 20.2. The largest absolute Gasteiger partial charge is 0.335 e. The first-order chi connectivity index (χ1) is 17.7. The standard InChI is InChI=1S/C24H27N11O/c1-3-5-8-18-16-34(23-28-31-32-35(23)13-4-2)24(36)33(18)15-17-11-12-21(25-14-17)19-9-6-7-10-20(19)22-26-29-30-27-22/h6-7,9-12,14,16H,3-5,8,13,15H2,1-2H3,(H,26,27,29,30). The molecule has 0 aliphatic carbocycles. The average Bonchev–Trinajstić information content (AvgIpc) is 3.66. The maximum Gasteiger partial charge on any atom is 0.335 e. The van der Waals surface area contributed by atoms with Crippen molar-refractivity contribution in [1.82, 2.24) is 54.9 Å². The maximum atomic E-state index is 13.5. The molecule has 4 aromatic heterocycles. The first-order valence-corrected chi connectivity index (χ1v) is 12.0. The van der Waals surface area contributed by atoms with Crippen LogP contribution in [0.4, 0.5) is 0 Å². The highest BCUT2D eigenvalue weighted by Gasteiger charge is 2.18. The van der Waals surface area contributed by atoms with Crippen molar-refractivity contribution in [3.05, 3.63) is 70.5 Å². The molecule has 5 rings (SSSR count). The van der Waals surface area contributed by atoms with Crippen molar-refractivity contribution >= 4 is 0 Å². The molecule has 0 aliphatic heterocycles. The summed E-state index contributed by atoms with van der Waals surface area (Å²) in [6.07, 6.45) is 7.33. The number of aryl methyl sites for hydroxylation is 2. The Bertz CT molecular complexity index is 1480. The van der Waals surface area contributed by atoms with E-state index in [2.05, 4.69) is 48.1 Å². The molecule has 0 atom stereocenters. The van der Waals surface area contributed by atoms with Gasteiger partial charge in [-0.3, -0.25) is 9.55 Å². The molecule has 0 fully saturated rings. The first-order valence-electron chi connectivity index (χ1n) is 12.0. The molecular formula is C24H27N11O. The van der Waals surface area contributed by atoms with Gasteiger partial charge in [0.25, 0.3) is 5.95 Å². The van der Waals surface area contributed by atoms with Crippen LogP contribution in [0, 0.1) is 0 Å². The third-order valence-electron chi connectivity index (χ3n) is 5.97. The number of nitrogens with one attached hydrogen (secondary N) is 1. The van der Waals surface area contributed by atoms with Crippen LogP contribution in [0.25, 0.3) is 28.6 Å². The smallest absolute Gasteiger partial charge is 0.291 e. The van der Waals surface area contributed by atoms with Gasteiger partial charge in [0, 0.05) is 35.8 Å². The molecule has 12 heteroatoms. The summed E-state index contributed by atoms with van der Waals surface area (Å²) in [6.45, 7) is 5.22. The van der Waals surface area contributed by atoms with Gasteiger partial charge < -0.3 is 0 Å². The van der Waals surface area contributed by atoms with Crippen LogP contribution in [0.3, 0.4) is 0 Å². The molecule has 5 aromatic rings. The zero-order chi connectivity index (χ0) is 24.9. The summed E-state index contributed by atoms with van der Waals surface area (Å²) in [6, 6.07) is 11.7. The Balaban J connectivity index is 1.46. The van der Waals surface area contributed by atoms with Crippen LogP contribution in [0.1, 0.15) is 44.4 Å². The molecule has 0 spiro atoms. The van der Waals surface area contributed by atoms with Crippen molar-refractivity contribution in [3.8, 4) is 28.6 Å². The van der Waals surface area contributed by atoms with E-state index in [1.54, 1.807) is 20.0 Å². The normalized spacial score (nSPS) is 11.3. The lowest BCUT2D eigenvalue weighted by Gasteiger charge is -2.09. The van der Waals surface area contributed by atoms with Crippen molar-refractivity contribution in [2.75, 3.05) is 0 Å². The second kappa shape index (κ2) is 10.4. The number of hydrogen-bond donors (Lipinski definition) is 1. The van der Waals surface area contributed by atoms with Crippen LogP contribution in [0.2, 0.25) is 0 Å². The van der Waals surface area contributed by atoms with E-state index in [4.69, 9.17) is 0 Å². The van der Waals surface area contributed by atoms with Crippen LogP contribution >= 0.6 is 0 Å². The van der Waals surface area contributed by atoms with E-state index < -0.39 is 0 Å². The fourth-order valence-electron chi connectivity index (χ4n) is 4.16. The quantitative estimate of drug-likeness (QED) is 0.319. The van der Waals surface area contributed by atoms with Crippen molar-refractivity contribution in [2.45, 2.75) is 52.6 Å². The fraction of sp³-hybridized carbons (Fsp3) is 0.333. The number of rotatable bonds is 10. The lowest BCUT2D eigenvalue weighted by Crippen LogP contribution is -2.26. The zero-order valence-electron chi connectivity index (χ0n) is 20.2. The van der Waals surface area contributed by atoms with Crippen LogP contribution in [0.15, 0.2) is 53.6 Å². The summed E-state index contributed by atoms with van der Waals surface area (Å²) < 4.78 is 4.99. The van der Waals surface area contributed by atoms with E-state index in [0.717, 1.165) is 53.8 Å². The van der Waals surface area contributed by atoms with Gasteiger partial charge in [-0.1, -0.05) is 55.7 Å². The van der Waals surface area contributed by atoms with E-state index in [9.17, 15) is 4.79 Å². The minimum atomic E-state index is -0.167. The minimum absolute atomic E-state index is 0.167. The molecule has 0 amide bonds. The number of benzene rings is 1. The predicted molar refractivity (Wildman–Crippen MR) is 132 cm³/mol. The molecule has 0 unspecified atom stereocenters. The van der Waals surface area contributed by atoms with Gasteiger partial charge in [-0.15, -0.1) is 10.2 Å². The summed E-state index contributed by atoms with van der Waals surface area (Å²) in [5.41, 5.74) is 4.22. The third-order valence-corrected chi connectivity index (χ3v) is 5.97. The third kappa shape index (κ3) is 4.57. The van der Waals surface area contributed by atoms with Crippen LogP contribution in [-0.4, -0.2) is 54.9 Å². The lowest BCUT2D eigenvalue weighted by atomic mass is 10.0. The number of unbranched alkanes of at least 4 members (excludes halogenated alkanes) is 1. The lowest BCUT2D eigenvalue weighted by molar-refractivity contribution is 0.562. The van der Waals surface area contributed by atoms with E-state index in [-0.39, 0.29) is 5.69 Å². The second-order valence-electron chi connectivity index (χ2n) is 8.50. The van der Waals surface area contributed by atoms with Gasteiger partial charge in [0.1, 0.15) is 0 Å². The summed E-state index contributed by atoms with van der Waals surface area (Å²) in [5.74, 6) is 0.945. The average molecular weight is 486 g/mol. The molecule has 0 aliphatic rings. The highest BCUT2D eigenvalue weighted by atomic mass is 16.2. The highest BCUT2D eigenvalue weighted by molar-refractivity contribution is 5.78. The van der Waals surface area contributed by atoms with Crippen molar-refractivity contribution in [1.29, 1.82) is 0 Å². The van der Waals surface area contributed by atoms with Gasteiger partial charge in [0.05, 0.1) is 12.2 Å². The van der Waals surface area contributed by atoms with Crippen molar-refractivity contribution in [2.24, 2.45) is 0 Å². The van der Waals surface area contributed by atoms with Crippen LogP contribution in [0.5, 0.6) is 0 Å². The number of H-pyrrole nitrogens is 1. The molecule has 1 aromatic carbocycles. The van der Waals surface area contributed by atoms with Crippen molar-refractivity contribution in [3.63, 3.8) is 0 Å². The Morgan fingerprint density at radius 2 is 1.86 bits per heavy atom. The first kappa shape index (κ1) is 23.3. The molecule has 1 N–H and O–H groups in total. The number of aromatic nitrogens is 11. The Kier molecular flexibility index (Phi) is 6.74. The molecule has 0 saturated carbocycles. The molecule has 36 heavy (non-hydrogen) atoms. The Morgan fingerprint density at radius 3 is 2.58 bits per heavy atom. The van der Waals surface area contributed by atoms with Crippen molar-refractivity contribution < 1.29 is 0 Å². The number of pyridine rings is 1. The Labute approximate surface area is 207 Å². The van der Waals surface area contributed by atoms with E-state index >= 15 is 0 Å². The number of hydrogen-bond acceptors (Lipinski definition) is 8. The summed E-state index contributed by atoms with van der Waals surface area (Å²) in [7, 11) is 0. The van der Waals surface area contributed by atoms with Gasteiger partial charge in [0.15, 0.2) is 0 Å². The number of aromatic amines is 1. The van der Waals surface area contributed by atoms with Gasteiger partial charge in [-0.05, 0) is 46.5 Å². The van der Waals surface area contributed by atoms with Crippen LogP contribution < -0.4 is 5.69 Å². The summed E-state index contributed by atoms with van der Waals surface area (Å²) in [4.78, 5) is 18.1. The Hall–Kier alpha value is -4.48. The monoisotopic (exact) mass is 485 g/mol. The molecule has 184 valence electrons. The summed E-state index contributed by atoms with van der Waals surface area (Å²) in [5, 5.41) is 26.3. The van der Waals surface area contributed by atoms with Crippen LogP contribution in [-0.2, 0) is 19.5 Å². The second-order valence-corrected chi connectivity index (χ2v) is 8.50. The van der Waals surface area contributed by atoms with E-state index in [1.807, 2.05) is 49.5 Å². The number of tetrazole rings is 2. The Morgan fingerprint density at radius 1 is 1.00 bits per heavy atom. The molecule has 0 bridgehead atoms. The minimum Gasteiger partial charge on any atom is -0.291 e. The van der Waals surface area contributed by atoms with Gasteiger partial charge in [0.2, 0.25) is 5.82 Å². The molecular weight excluding hydrogens is 458 g/mol. The van der Waals surface area contributed by atoms with Gasteiger partial charge in [-0.25, -0.2) is 14.0 Å². The van der Waals surface area contributed by atoms with E-state index in [1.165, 1.54) is 0 Å². The predicted octanol–water partition coefficient (Wildman–Crippen LogP) is 2.67. The number of imidazole rings is 1. The molecule has 12 nitrogen and oxygen atoms in total. The summed E-state index contributed by atoms with van der Waals surface area (Å²) >= 11 is 0.